The zero-order chi connectivity index (χ0) is 19.0. The molecule has 0 amide bonds. The number of hydrogen-bond acceptors (Lipinski definition) is 4. The second kappa shape index (κ2) is 9.45. The lowest BCUT2D eigenvalue weighted by Gasteiger charge is -2.13. The second-order valence-corrected chi connectivity index (χ2v) is 5.64. The number of rotatable bonds is 9. The molecule has 0 saturated carbocycles. The van der Waals surface area contributed by atoms with Gasteiger partial charge >= 0.3 is 6.18 Å². The van der Waals surface area contributed by atoms with Crippen molar-refractivity contribution in [3.05, 3.63) is 59.2 Å². The summed E-state index contributed by atoms with van der Waals surface area (Å²) in [5.74, 6) is 1.01. The van der Waals surface area contributed by atoms with Crippen molar-refractivity contribution in [2.24, 2.45) is 0 Å². The molecule has 0 saturated heterocycles. The Labute approximate surface area is 150 Å². The van der Waals surface area contributed by atoms with Gasteiger partial charge in [0.05, 0.1) is 19.3 Å². The molecule has 0 unspecified atom stereocenters. The van der Waals surface area contributed by atoms with Crippen LogP contribution in [0.2, 0.25) is 0 Å². The van der Waals surface area contributed by atoms with E-state index in [1.54, 1.807) is 19.2 Å². The highest BCUT2D eigenvalue weighted by Crippen LogP contribution is 2.31. The molecule has 0 radical (unpaired) electrons. The summed E-state index contributed by atoms with van der Waals surface area (Å²) in [6.07, 6.45) is -4.37. The topological polar surface area (TPSA) is 39.7 Å². The molecule has 0 aromatic heterocycles. The molecule has 1 N–H and O–H groups in total. The lowest BCUT2D eigenvalue weighted by Crippen LogP contribution is -2.18. The Morgan fingerprint density at radius 2 is 1.77 bits per heavy atom. The van der Waals surface area contributed by atoms with Crippen molar-refractivity contribution in [1.29, 1.82) is 0 Å². The molecule has 0 fully saturated rings. The average molecular weight is 369 g/mol. The van der Waals surface area contributed by atoms with Crippen LogP contribution in [0.4, 0.5) is 13.2 Å². The summed E-state index contributed by atoms with van der Waals surface area (Å²) in [4.78, 5) is 0. The summed E-state index contributed by atoms with van der Waals surface area (Å²) in [5.41, 5.74) is 0.750. The van der Waals surface area contributed by atoms with Gasteiger partial charge in [0.15, 0.2) is 11.5 Å². The number of hydrogen-bond donors (Lipinski definition) is 1. The fourth-order valence-corrected chi connectivity index (χ4v) is 2.35. The predicted molar refractivity (Wildman–Crippen MR) is 92.4 cm³/mol. The van der Waals surface area contributed by atoms with E-state index < -0.39 is 11.7 Å². The van der Waals surface area contributed by atoms with Gasteiger partial charge in [-0.25, -0.2) is 0 Å². The molecule has 0 aliphatic heterocycles. The van der Waals surface area contributed by atoms with E-state index in [1.165, 1.54) is 13.2 Å². The van der Waals surface area contributed by atoms with Crippen LogP contribution in [0, 0.1) is 0 Å². The standard InChI is InChI=1S/C19H22F3NO3/c1-24-9-8-23-12-14-6-7-17(18(11-14)25-2)26-13-15-4-3-5-16(10-15)19(20,21)22/h3-7,10-11,23H,8-9,12-13H2,1-2H3. The van der Waals surface area contributed by atoms with Crippen molar-refractivity contribution in [3.8, 4) is 11.5 Å². The van der Waals surface area contributed by atoms with Gasteiger partial charge in [-0.3, -0.25) is 0 Å². The van der Waals surface area contributed by atoms with Crippen molar-refractivity contribution in [2.45, 2.75) is 19.3 Å². The quantitative estimate of drug-likeness (QED) is 0.678. The van der Waals surface area contributed by atoms with Crippen LogP contribution in [0.25, 0.3) is 0 Å². The number of benzene rings is 2. The minimum absolute atomic E-state index is 0.0196. The third-order valence-corrected chi connectivity index (χ3v) is 3.69. The van der Waals surface area contributed by atoms with Gasteiger partial charge in [-0.05, 0) is 35.4 Å². The van der Waals surface area contributed by atoms with E-state index >= 15 is 0 Å². The highest BCUT2D eigenvalue weighted by atomic mass is 19.4. The Morgan fingerprint density at radius 3 is 2.46 bits per heavy atom. The molecular formula is C19H22F3NO3. The number of nitrogens with one attached hydrogen (secondary N) is 1. The van der Waals surface area contributed by atoms with Gasteiger partial charge in [-0.2, -0.15) is 13.2 Å². The number of alkyl halides is 3. The first-order valence-corrected chi connectivity index (χ1v) is 8.09. The van der Waals surface area contributed by atoms with Crippen LogP contribution in [0.15, 0.2) is 42.5 Å². The van der Waals surface area contributed by atoms with Crippen LogP contribution in [-0.4, -0.2) is 27.4 Å². The minimum atomic E-state index is -4.37. The largest absolute Gasteiger partial charge is 0.493 e. The highest BCUT2D eigenvalue weighted by molar-refractivity contribution is 5.43. The van der Waals surface area contributed by atoms with Crippen molar-refractivity contribution in [3.63, 3.8) is 0 Å². The van der Waals surface area contributed by atoms with Crippen molar-refractivity contribution >= 4 is 0 Å². The van der Waals surface area contributed by atoms with E-state index in [-0.39, 0.29) is 6.61 Å². The summed E-state index contributed by atoms with van der Waals surface area (Å²) < 4.78 is 54.2. The molecule has 0 aliphatic rings. The van der Waals surface area contributed by atoms with Gasteiger partial charge in [0.25, 0.3) is 0 Å². The fraction of sp³-hybridized carbons (Fsp3) is 0.368. The minimum Gasteiger partial charge on any atom is -0.493 e. The second-order valence-electron chi connectivity index (χ2n) is 5.64. The summed E-state index contributed by atoms with van der Waals surface area (Å²) in [6, 6.07) is 10.5. The van der Waals surface area contributed by atoms with Gasteiger partial charge in [-0.15, -0.1) is 0 Å². The molecule has 142 valence electrons. The van der Waals surface area contributed by atoms with Gasteiger partial charge in [0.2, 0.25) is 0 Å². The first kappa shape index (κ1) is 20.1. The smallest absolute Gasteiger partial charge is 0.416 e. The molecule has 2 aromatic rings. The van der Waals surface area contributed by atoms with E-state index in [1.807, 2.05) is 12.1 Å². The van der Waals surface area contributed by atoms with Crippen molar-refractivity contribution in [2.75, 3.05) is 27.4 Å². The van der Waals surface area contributed by atoms with Crippen LogP contribution in [0.1, 0.15) is 16.7 Å². The molecule has 0 aliphatic carbocycles. The van der Waals surface area contributed by atoms with Crippen LogP contribution in [0.5, 0.6) is 11.5 Å². The highest BCUT2D eigenvalue weighted by Gasteiger charge is 2.30. The summed E-state index contributed by atoms with van der Waals surface area (Å²) in [5, 5.41) is 3.22. The first-order chi connectivity index (χ1) is 12.4. The average Bonchev–Trinajstić information content (AvgIpc) is 2.63. The molecule has 0 heterocycles. The zero-order valence-corrected chi connectivity index (χ0v) is 14.7. The predicted octanol–water partition coefficient (Wildman–Crippen LogP) is 4.03. The van der Waals surface area contributed by atoms with Gasteiger partial charge in [0, 0.05) is 20.2 Å². The zero-order valence-electron chi connectivity index (χ0n) is 14.7. The Balaban J connectivity index is 2.01. The molecule has 0 atom stereocenters. The normalized spacial score (nSPS) is 11.4. The third-order valence-electron chi connectivity index (χ3n) is 3.69. The van der Waals surface area contributed by atoms with Crippen molar-refractivity contribution < 1.29 is 27.4 Å². The van der Waals surface area contributed by atoms with E-state index in [4.69, 9.17) is 14.2 Å². The summed E-state index contributed by atoms with van der Waals surface area (Å²) in [6.45, 7) is 2.02. The molecule has 0 spiro atoms. The molecular weight excluding hydrogens is 347 g/mol. The van der Waals surface area contributed by atoms with Crippen LogP contribution in [-0.2, 0) is 24.1 Å². The monoisotopic (exact) mass is 369 g/mol. The Kier molecular flexibility index (Phi) is 7.29. The molecule has 2 rings (SSSR count). The molecule has 4 nitrogen and oxygen atoms in total. The maximum absolute atomic E-state index is 12.8. The first-order valence-electron chi connectivity index (χ1n) is 8.09. The van der Waals surface area contributed by atoms with Crippen LogP contribution in [0.3, 0.4) is 0 Å². The molecule has 26 heavy (non-hydrogen) atoms. The Hall–Kier alpha value is -2.25. The SMILES string of the molecule is COCCNCc1ccc(OCc2cccc(C(F)(F)F)c2)c(OC)c1. The van der Waals surface area contributed by atoms with Crippen LogP contribution < -0.4 is 14.8 Å². The maximum Gasteiger partial charge on any atom is 0.416 e. The Bertz CT molecular complexity index is 705. The van der Waals surface area contributed by atoms with Crippen molar-refractivity contribution in [1.82, 2.24) is 5.32 Å². The molecule has 2 aromatic carbocycles. The van der Waals surface area contributed by atoms with E-state index in [0.29, 0.717) is 30.2 Å². The lowest BCUT2D eigenvalue weighted by molar-refractivity contribution is -0.137. The summed E-state index contributed by atoms with van der Waals surface area (Å²) in [7, 11) is 3.16. The molecule has 7 heteroatoms. The lowest BCUT2D eigenvalue weighted by atomic mass is 10.1. The van der Waals surface area contributed by atoms with E-state index in [0.717, 1.165) is 24.2 Å². The maximum atomic E-state index is 12.8. The van der Waals surface area contributed by atoms with Gasteiger partial charge < -0.3 is 19.5 Å². The van der Waals surface area contributed by atoms with E-state index in [2.05, 4.69) is 5.32 Å². The van der Waals surface area contributed by atoms with Gasteiger partial charge in [-0.1, -0.05) is 18.2 Å². The van der Waals surface area contributed by atoms with Crippen LogP contribution >= 0.6 is 0 Å². The summed E-state index contributed by atoms with van der Waals surface area (Å²) >= 11 is 0. The van der Waals surface area contributed by atoms with Gasteiger partial charge in [0.1, 0.15) is 6.61 Å². The fourth-order valence-electron chi connectivity index (χ4n) is 2.35. The number of ether oxygens (including phenoxy) is 3. The van der Waals surface area contributed by atoms with E-state index in [9.17, 15) is 13.2 Å². The number of methoxy groups -OCH3 is 2. The molecule has 0 bridgehead atoms. The Morgan fingerprint density at radius 1 is 0.962 bits per heavy atom. The third kappa shape index (κ3) is 5.93. The number of halogens is 3.